The molecule has 3 aromatic heterocycles. The normalized spacial score (nSPS) is 11.8. The number of nitrogens with one attached hydrogen (secondary N) is 1. The van der Waals surface area contributed by atoms with E-state index >= 15 is 0 Å². The maximum Gasteiger partial charge on any atom is 0.152 e. The SMILES string of the molecule is Bc1cnn2c(NCc3cccnc3)cc(SC(C)(C)C)nc12. The Bertz CT molecular complexity index is 810. The van der Waals surface area contributed by atoms with Gasteiger partial charge in [0, 0.05) is 35.9 Å². The largest absolute Gasteiger partial charge is 0.366 e. The summed E-state index contributed by atoms with van der Waals surface area (Å²) < 4.78 is 1.97. The van der Waals surface area contributed by atoms with Gasteiger partial charge in [-0.25, -0.2) is 4.98 Å². The maximum atomic E-state index is 4.75. The molecule has 0 radical (unpaired) electrons. The molecule has 118 valence electrons. The highest BCUT2D eigenvalue weighted by atomic mass is 32.2. The van der Waals surface area contributed by atoms with E-state index in [1.54, 1.807) is 18.0 Å². The maximum absolute atomic E-state index is 4.75. The van der Waals surface area contributed by atoms with Crippen molar-refractivity contribution in [3.05, 3.63) is 42.4 Å². The molecule has 3 heterocycles. The third kappa shape index (κ3) is 3.85. The van der Waals surface area contributed by atoms with Gasteiger partial charge in [0.2, 0.25) is 0 Å². The minimum Gasteiger partial charge on any atom is -0.366 e. The molecular weight excluding hydrogens is 305 g/mol. The van der Waals surface area contributed by atoms with Crippen LogP contribution in [0.2, 0.25) is 0 Å². The van der Waals surface area contributed by atoms with E-state index in [0.717, 1.165) is 27.5 Å². The van der Waals surface area contributed by atoms with Gasteiger partial charge in [-0.2, -0.15) is 9.61 Å². The van der Waals surface area contributed by atoms with E-state index in [-0.39, 0.29) is 4.75 Å². The number of hydrogen-bond acceptors (Lipinski definition) is 5. The molecule has 0 atom stereocenters. The smallest absolute Gasteiger partial charge is 0.152 e. The zero-order valence-corrected chi connectivity index (χ0v) is 14.7. The molecule has 0 aromatic carbocycles. The van der Waals surface area contributed by atoms with Gasteiger partial charge in [0.05, 0.1) is 0 Å². The fourth-order valence-electron chi connectivity index (χ4n) is 2.24. The van der Waals surface area contributed by atoms with Crippen molar-refractivity contribution in [2.45, 2.75) is 37.1 Å². The Kier molecular flexibility index (Phi) is 4.30. The summed E-state index contributed by atoms with van der Waals surface area (Å²) in [4.78, 5) is 8.90. The number of thioether (sulfide) groups is 1. The third-order valence-corrected chi connectivity index (χ3v) is 4.26. The van der Waals surface area contributed by atoms with Crippen LogP contribution < -0.4 is 10.8 Å². The van der Waals surface area contributed by atoms with E-state index in [0.29, 0.717) is 6.54 Å². The molecule has 7 heteroatoms. The first-order valence-corrected chi connectivity index (χ1v) is 8.41. The van der Waals surface area contributed by atoms with Crippen LogP contribution in [0.4, 0.5) is 5.82 Å². The molecule has 0 bridgehead atoms. The first-order valence-electron chi connectivity index (χ1n) is 7.59. The van der Waals surface area contributed by atoms with Crippen molar-refractivity contribution in [2.24, 2.45) is 0 Å². The lowest BCUT2D eigenvalue weighted by Crippen LogP contribution is -2.12. The minimum absolute atomic E-state index is 0.111. The van der Waals surface area contributed by atoms with Crippen LogP contribution in [0.1, 0.15) is 26.3 Å². The van der Waals surface area contributed by atoms with Gasteiger partial charge >= 0.3 is 0 Å². The van der Waals surface area contributed by atoms with Crippen LogP contribution in [0.5, 0.6) is 0 Å². The Hall–Kier alpha value is -2.02. The van der Waals surface area contributed by atoms with E-state index in [9.17, 15) is 0 Å². The van der Waals surface area contributed by atoms with E-state index in [1.807, 2.05) is 30.8 Å². The van der Waals surface area contributed by atoms with E-state index in [4.69, 9.17) is 4.98 Å². The summed E-state index contributed by atoms with van der Waals surface area (Å²) in [5, 5.41) is 8.89. The number of pyridine rings is 1. The Balaban J connectivity index is 1.94. The van der Waals surface area contributed by atoms with Gasteiger partial charge in [0.25, 0.3) is 0 Å². The first kappa shape index (κ1) is 15.9. The highest BCUT2D eigenvalue weighted by Crippen LogP contribution is 2.32. The summed E-state index contributed by atoms with van der Waals surface area (Å²) >= 11 is 1.76. The van der Waals surface area contributed by atoms with Crippen molar-refractivity contribution >= 4 is 36.5 Å². The van der Waals surface area contributed by atoms with Gasteiger partial charge in [-0.1, -0.05) is 26.8 Å². The molecule has 0 fully saturated rings. The standard InChI is InChI=1S/C16H20BN5S/c1-16(2,3)23-14-7-13(19-9-11-5-4-6-18-8-11)22-15(21-14)12(17)10-20-22/h4-8,10,19H,9,17H2,1-3H3. The molecule has 0 spiro atoms. The van der Waals surface area contributed by atoms with Crippen molar-refractivity contribution in [3.8, 4) is 0 Å². The zero-order valence-electron chi connectivity index (χ0n) is 13.9. The average molecular weight is 325 g/mol. The van der Waals surface area contributed by atoms with Crippen molar-refractivity contribution in [1.82, 2.24) is 19.6 Å². The Morgan fingerprint density at radius 3 is 2.83 bits per heavy atom. The zero-order chi connectivity index (χ0) is 16.4. The van der Waals surface area contributed by atoms with E-state index in [1.165, 1.54) is 0 Å². The quantitative estimate of drug-likeness (QED) is 0.451. The predicted octanol–water partition coefficient (Wildman–Crippen LogP) is 1.89. The van der Waals surface area contributed by atoms with E-state index in [2.05, 4.69) is 48.3 Å². The highest BCUT2D eigenvalue weighted by molar-refractivity contribution is 8.00. The number of fused-ring (bicyclic) bond motifs is 1. The topological polar surface area (TPSA) is 55.1 Å². The molecule has 3 rings (SSSR count). The van der Waals surface area contributed by atoms with Crippen LogP contribution in [0.15, 0.2) is 41.8 Å². The van der Waals surface area contributed by atoms with Gasteiger partial charge < -0.3 is 5.32 Å². The van der Waals surface area contributed by atoms with Crippen molar-refractivity contribution in [1.29, 1.82) is 0 Å². The van der Waals surface area contributed by atoms with Crippen molar-refractivity contribution in [2.75, 3.05) is 5.32 Å². The molecular formula is C16H20BN5S. The lowest BCUT2D eigenvalue weighted by Gasteiger charge is -2.18. The number of anilines is 1. The third-order valence-electron chi connectivity index (χ3n) is 3.23. The Labute approximate surface area is 141 Å². The summed E-state index contributed by atoms with van der Waals surface area (Å²) in [5.74, 6) is 0.943. The van der Waals surface area contributed by atoms with Crippen molar-refractivity contribution in [3.63, 3.8) is 0 Å². The Morgan fingerprint density at radius 2 is 2.13 bits per heavy atom. The van der Waals surface area contributed by atoms with Gasteiger partial charge in [-0.15, -0.1) is 11.8 Å². The second-order valence-corrected chi connectivity index (χ2v) is 8.32. The summed E-state index contributed by atoms with van der Waals surface area (Å²) in [6.07, 6.45) is 5.50. The number of nitrogens with zero attached hydrogens (tertiary/aromatic N) is 4. The molecule has 0 amide bonds. The lowest BCUT2D eigenvalue weighted by molar-refractivity contribution is 0.798. The fourth-order valence-corrected chi connectivity index (χ4v) is 3.17. The molecule has 0 unspecified atom stereocenters. The number of rotatable bonds is 4. The van der Waals surface area contributed by atoms with Crippen LogP contribution in [0.3, 0.4) is 0 Å². The minimum atomic E-state index is 0.111. The summed E-state index contributed by atoms with van der Waals surface area (Å²) in [6, 6.07) is 6.06. The fraction of sp³-hybridized carbons (Fsp3) is 0.312. The molecule has 0 aliphatic rings. The van der Waals surface area contributed by atoms with Crippen LogP contribution in [-0.2, 0) is 6.54 Å². The van der Waals surface area contributed by atoms with Crippen LogP contribution in [-0.4, -0.2) is 32.2 Å². The molecule has 0 saturated heterocycles. The number of aromatic nitrogens is 4. The highest BCUT2D eigenvalue weighted by Gasteiger charge is 2.16. The molecule has 3 aromatic rings. The summed E-state index contributed by atoms with van der Waals surface area (Å²) in [7, 11) is 2.03. The molecule has 0 aliphatic heterocycles. The summed E-state index contributed by atoms with van der Waals surface area (Å²) in [6.45, 7) is 7.27. The molecule has 0 aliphatic carbocycles. The summed E-state index contributed by atoms with van der Waals surface area (Å²) in [5.41, 5.74) is 3.10. The van der Waals surface area contributed by atoms with Crippen LogP contribution in [0, 0.1) is 0 Å². The van der Waals surface area contributed by atoms with E-state index < -0.39 is 0 Å². The van der Waals surface area contributed by atoms with Crippen LogP contribution >= 0.6 is 11.8 Å². The van der Waals surface area contributed by atoms with Gasteiger partial charge in [0.15, 0.2) is 5.65 Å². The average Bonchev–Trinajstić information content (AvgIpc) is 2.86. The second-order valence-electron chi connectivity index (χ2n) is 6.47. The second kappa shape index (κ2) is 6.24. The predicted molar refractivity (Wildman–Crippen MR) is 98.3 cm³/mol. The van der Waals surface area contributed by atoms with Gasteiger partial charge in [-0.3, -0.25) is 4.98 Å². The molecule has 23 heavy (non-hydrogen) atoms. The van der Waals surface area contributed by atoms with Crippen molar-refractivity contribution < 1.29 is 0 Å². The van der Waals surface area contributed by atoms with Crippen LogP contribution in [0.25, 0.3) is 5.65 Å². The Morgan fingerprint density at radius 1 is 1.30 bits per heavy atom. The first-order chi connectivity index (χ1) is 10.9. The van der Waals surface area contributed by atoms with Gasteiger partial charge in [0.1, 0.15) is 18.7 Å². The monoisotopic (exact) mass is 325 g/mol. The number of hydrogen-bond donors (Lipinski definition) is 1. The molecule has 0 saturated carbocycles. The molecule has 5 nitrogen and oxygen atoms in total. The van der Waals surface area contributed by atoms with Gasteiger partial charge in [-0.05, 0) is 17.1 Å². The molecule has 1 N–H and O–H groups in total. The lowest BCUT2D eigenvalue weighted by atomic mass is 10.0.